The van der Waals surface area contributed by atoms with Crippen LogP contribution in [0.5, 0.6) is 0 Å². The standard InChI is InChI=1S/C22H25F5N2O/c23-14-18(24)3-1-2-4-21(30)29-20-12-9-16(13-19(20)28)6-5-15-7-10-17(11-8-15)22(25,26)27/h7-13,18H,1-6,14,28H2,(H,29,30)/t18-/m0/s1. The zero-order valence-electron chi connectivity index (χ0n) is 16.4. The third-order valence-corrected chi connectivity index (χ3v) is 4.71. The Morgan fingerprint density at radius 3 is 2.23 bits per heavy atom. The second-order valence-electron chi connectivity index (χ2n) is 7.16. The molecule has 0 heterocycles. The molecule has 2 aromatic carbocycles. The molecule has 0 fully saturated rings. The van der Waals surface area contributed by atoms with Crippen molar-refractivity contribution in [1.29, 1.82) is 0 Å². The van der Waals surface area contributed by atoms with Crippen LogP contribution in [0.3, 0.4) is 0 Å². The summed E-state index contributed by atoms with van der Waals surface area (Å²) in [5.41, 5.74) is 7.83. The Morgan fingerprint density at radius 1 is 1.00 bits per heavy atom. The molecule has 2 aromatic rings. The third-order valence-electron chi connectivity index (χ3n) is 4.71. The SMILES string of the molecule is Nc1cc(CCc2ccc(C(F)(F)F)cc2)ccc1NC(=O)CCCC[C@H](F)CF. The molecule has 1 amide bonds. The second kappa shape index (κ2) is 10.9. The lowest BCUT2D eigenvalue weighted by Crippen LogP contribution is -2.13. The van der Waals surface area contributed by atoms with E-state index in [1.54, 1.807) is 18.2 Å². The maximum absolute atomic E-state index is 12.8. The van der Waals surface area contributed by atoms with E-state index in [0.717, 1.165) is 23.3 Å². The van der Waals surface area contributed by atoms with Crippen molar-refractivity contribution in [3.05, 3.63) is 59.2 Å². The molecule has 1 atom stereocenters. The number of halogens is 5. The molecule has 2 rings (SSSR count). The summed E-state index contributed by atoms with van der Waals surface area (Å²) in [5, 5.41) is 2.70. The molecule has 164 valence electrons. The number of alkyl halides is 5. The van der Waals surface area contributed by atoms with Gasteiger partial charge >= 0.3 is 6.18 Å². The molecule has 0 spiro atoms. The average molecular weight is 428 g/mol. The molecule has 3 N–H and O–H groups in total. The summed E-state index contributed by atoms with van der Waals surface area (Å²) in [6.45, 7) is -1.01. The lowest BCUT2D eigenvalue weighted by Gasteiger charge is -2.11. The minimum absolute atomic E-state index is 0.0968. The summed E-state index contributed by atoms with van der Waals surface area (Å²) in [7, 11) is 0. The normalized spacial score (nSPS) is 12.6. The minimum atomic E-state index is -4.35. The predicted molar refractivity (Wildman–Crippen MR) is 108 cm³/mol. The van der Waals surface area contributed by atoms with Crippen LogP contribution in [0.15, 0.2) is 42.5 Å². The Morgan fingerprint density at radius 2 is 1.63 bits per heavy atom. The van der Waals surface area contributed by atoms with E-state index in [4.69, 9.17) is 5.73 Å². The Bertz CT molecular complexity index is 821. The lowest BCUT2D eigenvalue weighted by molar-refractivity contribution is -0.137. The number of unbranched alkanes of at least 4 members (excludes halogenated alkanes) is 1. The number of amides is 1. The van der Waals surface area contributed by atoms with Gasteiger partial charge in [-0.2, -0.15) is 13.2 Å². The number of carbonyl (C=O) groups is 1. The van der Waals surface area contributed by atoms with Crippen molar-refractivity contribution >= 4 is 17.3 Å². The first-order chi connectivity index (χ1) is 14.2. The van der Waals surface area contributed by atoms with Crippen LogP contribution in [0, 0.1) is 0 Å². The van der Waals surface area contributed by atoms with Crippen molar-refractivity contribution in [2.24, 2.45) is 0 Å². The second-order valence-corrected chi connectivity index (χ2v) is 7.16. The summed E-state index contributed by atoms with van der Waals surface area (Å²) < 4.78 is 62.6. The molecule has 0 unspecified atom stereocenters. The van der Waals surface area contributed by atoms with Crippen molar-refractivity contribution in [3.8, 4) is 0 Å². The molecular weight excluding hydrogens is 403 g/mol. The molecular formula is C22H25F5N2O. The number of hydrogen-bond acceptors (Lipinski definition) is 2. The van der Waals surface area contributed by atoms with Gasteiger partial charge in [-0.15, -0.1) is 0 Å². The average Bonchev–Trinajstić information content (AvgIpc) is 2.71. The summed E-state index contributed by atoms with van der Waals surface area (Å²) in [4.78, 5) is 12.0. The van der Waals surface area contributed by atoms with E-state index >= 15 is 0 Å². The smallest absolute Gasteiger partial charge is 0.397 e. The van der Waals surface area contributed by atoms with Crippen molar-refractivity contribution < 1.29 is 26.7 Å². The van der Waals surface area contributed by atoms with E-state index in [9.17, 15) is 26.7 Å². The summed E-state index contributed by atoms with van der Waals surface area (Å²) in [6.07, 6.45) is -3.52. The van der Waals surface area contributed by atoms with Crippen LogP contribution in [0.2, 0.25) is 0 Å². The minimum Gasteiger partial charge on any atom is -0.397 e. The number of nitrogens with two attached hydrogens (primary N) is 1. The molecule has 0 aliphatic heterocycles. The molecule has 0 aliphatic carbocycles. The van der Waals surface area contributed by atoms with Crippen LogP contribution in [0.25, 0.3) is 0 Å². The fraction of sp³-hybridized carbons (Fsp3) is 0.409. The topological polar surface area (TPSA) is 55.1 Å². The first kappa shape index (κ1) is 23.6. The largest absolute Gasteiger partial charge is 0.416 e. The number of benzene rings is 2. The Kier molecular flexibility index (Phi) is 8.62. The van der Waals surface area contributed by atoms with Gasteiger partial charge in [0.05, 0.1) is 16.9 Å². The fourth-order valence-electron chi connectivity index (χ4n) is 2.97. The van der Waals surface area contributed by atoms with Gasteiger partial charge in [-0.25, -0.2) is 8.78 Å². The van der Waals surface area contributed by atoms with Gasteiger partial charge in [0.25, 0.3) is 0 Å². The Hall–Kier alpha value is -2.64. The van der Waals surface area contributed by atoms with Crippen molar-refractivity contribution in [1.82, 2.24) is 0 Å². The maximum atomic E-state index is 12.8. The van der Waals surface area contributed by atoms with Gasteiger partial charge in [0.2, 0.25) is 5.91 Å². The van der Waals surface area contributed by atoms with Crippen molar-refractivity contribution in [3.63, 3.8) is 0 Å². The van der Waals surface area contributed by atoms with E-state index in [1.165, 1.54) is 12.1 Å². The third kappa shape index (κ3) is 7.65. The van der Waals surface area contributed by atoms with Gasteiger partial charge in [-0.3, -0.25) is 4.79 Å². The summed E-state index contributed by atoms with van der Waals surface area (Å²) >= 11 is 0. The number of aryl methyl sites for hydroxylation is 2. The highest BCUT2D eigenvalue weighted by atomic mass is 19.4. The van der Waals surface area contributed by atoms with Crippen LogP contribution in [0.1, 0.15) is 42.4 Å². The summed E-state index contributed by atoms with van der Waals surface area (Å²) in [6, 6.07) is 10.2. The number of carbonyl (C=O) groups excluding carboxylic acids is 1. The maximum Gasteiger partial charge on any atom is 0.416 e. The quantitative estimate of drug-likeness (QED) is 0.282. The number of nitrogen functional groups attached to an aromatic ring is 1. The Balaban J connectivity index is 1.82. The lowest BCUT2D eigenvalue weighted by atomic mass is 10.0. The molecule has 30 heavy (non-hydrogen) atoms. The first-order valence-corrected chi connectivity index (χ1v) is 9.73. The molecule has 0 aromatic heterocycles. The molecule has 8 heteroatoms. The molecule has 3 nitrogen and oxygen atoms in total. The van der Waals surface area contributed by atoms with Crippen molar-refractivity contribution in [2.45, 2.75) is 50.9 Å². The van der Waals surface area contributed by atoms with E-state index < -0.39 is 24.6 Å². The van der Waals surface area contributed by atoms with Crippen LogP contribution >= 0.6 is 0 Å². The van der Waals surface area contributed by atoms with Gasteiger partial charge in [-0.1, -0.05) is 18.2 Å². The van der Waals surface area contributed by atoms with E-state index in [1.807, 2.05) is 0 Å². The van der Waals surface area contributed by atoms with Crippen LogP contribution in [-0.4, -0.2) is 18.8 Å². The van der Waals surface area contributed by atoms with Gasteiger partial charge < -0.3 is 11.1 Å². The molecule has 0 radical (unpaired) electrons. The van der Waals surface area contributed by atoms with Gasteiger partial charge in [0.15, 0.2) is 0 Å². The zero-order valence-corrected chi connectivity index (χ0v) is 16.4. The van der Waals surface area contributed by atoms with E-state index in [0.29, 0.717) is 37.1 Å². The Labute approximate surface area is 172 Å². The highest BCUT2D eigenvalue weighted by Gasteiger charge is 2.29. The van der Waals surface area contributed by atoms with Crippen LogP contribution in [-0.2, 0) is 23.8 Å². The first-order valence-electron chi connectivity index (χ1n) is 9.73. The fourth-order valence-corrected chi connectivity index (χ4v) is 2.97. The predicted octanol–water partition coefficient (Wildman–Crippen LogP) is 5.88. The van der Waals surface area contributed by atoms with Crippen LogP contribution < -0.4 is 11.1 Å². The number of nitrogens with one attached hydrogen (secondary N) is 1. The van der Waals surface area contributed by atoms with Crippen LogP contribution in [0.4, 0.5) is 33.3 Å². The number of hydrogen-bond donors (Lipinski definition) is 2. The zero-order chi connectivity index (χ0) is 22.1. The van der Waals surface area contributed by atoms with Gasteiger partial charge in [0, 0.05) is 6.42 Å². The number of anilines is 2. The highest BCUT2D eigenvalue weighted by molar-refractivity contribution is 5.93. The monoisotopic (exact) mass is 428 g/mol. The van der Waals surface area contributed by atoms with Gasteiger partial charge in [-0.05, 0) is 67.5 Å². The van der Waals surface area contributed by atoms with E-state index in [2.05, 4.69) is 5.32 Å². The molecule has 0 saturated carbocycles. The molecule has 0 saturated heterocycles. The number of rotatable bonds is 10. The van der Waals surface area contributed by atoms with Crippen molar-refractivity contribution in [2.75, 3.05) is 17.7 Å². The highest BCUT2D eigenvalue weighted by Crippen LogP contribution is 2.29. The molecule has 0 bridgehead atoms. The van der Waals surface area contributed by atoms with Gasteiger partial charge in [0.1, 0.15) is 12.8 Å². The van der Waals surface area contributed by atoms with E-state index in [-0.39, 0.29) is 18.7 Å². The molecule has 0 aliphatic rings. The summed E-state index contributed by atoms with van der Waals surface area (Å²) in [5.74, 6) is -0.255.